The van der Waals surface area contributed by atoms with Gasteiger partial charge < -0.3 is 5.32 Å². The van der Waals surface area contributed by atoms with Crippen molar-refractivity contribution in [3.8, 4) is 11.4 Å². The van der Waals surface area contributed by atoms with Gasteiger partial charge in [-0.2, -0.15) is 0 Å². The van der Waals surface area contributed by atoms with Crippen LogP contribution in [0.2, 0.25) is 0 Å². The first-order valence-corrected chi connectivity index (χ1v) is 7.50. The Balaban J connectivity index is 2.04. The molecule has 104 valence electrons. The molecule has 0 saturated heterocycles. The molecule has 20 heavy (non-hydrogen) atoms. The van der Waals surface area contributed by atoms with Crippen molar-refractivity contribution in [2.24, 2.45) is 0 Å². The van der Waals surface area contributed by atoms with E-state index in [0.717, 1.165) is 43.7 Å². The minimum absolute atomic E-state index is 0.866. The van der Waals surface area contributed by atoms with Gasteiger partial charge in [-0.05, 0) is 36.9 Å². The van der Waals surface area contributed by atoms with Crippen LogP contribution in [0.4, 0.5) is 0 Å². The van der Waals surface area contributed by atoms with Crippen LogP contribution >= 0.6 is 0 Å². The van der Waals surface area contributed by atoms with Crippen LogP contribution in [0.25, 0.3) is 11.4 Å². The number of benzene rings is 1. The zero-order chi connectivity index (χ0) is 13.9. The summed E-state index contributed by atoms with van der Waals surface area (Å²) in [4.78, 5) is 9.57. The molecule has 3 heteroatoms. The average Bonchev–Trinajstić information content (AvgIpc) is 2.54. The number of hydrogen-bond acceptors (Lipinski definition) is 3. The zero-order valence-electron chi connectivity index (χ0n) is 12.2. The fourth-order valence-electron chi connectivity index (χ4n) is 2.75. The molecular weight excluding hydrogens is 246 g/mol. The van der Waals surface area contributed by atoms with E-state index >= 15 is 0 Å². The highest BCUT2D eigenvalue weighted by Gasteiger charge is 2.16. The predicted octanol–water partition coefficient (Wildman–Crippen LogP) is 2.91. The summed E-state index contributed by atoms with van der Waals surface area (Å²) in [5.74, 6) is 0.868. The van der Waals surface area contributed by atoms with Crippen LogP contribution in [0, 0.1) is 0 Å². The molecule has 0 atom stereocenters. The predicted molar refractivity (Wildman–Crippen MR) is 81.6 cm³/mol. The molecule has 0 radical (unpaired) electrons. The maximum absolute atomic E-state index is 4.79. The number of nitrogens with zero attached hydrogens (tertiary/aromatic N) is 2. The van der Waals surface area contributed by atoms with Gasteiger partial charge in [-0.25, -0.2) is 9.97 Å². The Morgan fingerprint density at radius 2 is 1.85 bits per heavy atom. The molecule has 1 aliphatic rings. The second-order valence-corrected chi connectivity index (χ2v) is 5.25. The molecule has 3 rings (SSSR count). The third-order valence-electron chi connectivity index (χ3n) is 3.98. The van der Waals surface area contributed by atoms with Crippen molar-refractivity contribution in [3.63, 3.8) is 0 Å². The van der Waals surface area contributed by atoms with E-state index in [4.69, 9.17) is 9.97 Å². The number of aromatic nitrogens is 2. The molecule has 0 bridgehead atoms. The average molecular weight is 267 g/mol. The molecule has 2 aromatic rings. The number of nitrogens with one attached hydrogen (secondary N) is 1. The van der Waals surface area contributed by atoms with E-state index in [0.29, 0.717) is 0 Å². The molecule has 0 amide bonds. The van der Waals surface area contributed by atoms with E-state index in [2.05, 4.69) is 43.4 Å². The first-order chi connectivity index (χ1) is 9.81. The van der Waals surface area contributed by atoms with Crippen molar-refractivity contribution in [2.45, 2.75) is 39.7 Å². The summed E-state index contributed by atoms with van der Waals surface area (Å²) in [5.41, 5.74) is 6.22. The van der Waals surface area contributed by atoms with Crippen LogP contribution in [0.15, 0.2) is 24.3 Å². The van der Waals surface area contributed by atoms with Gasteiger partial charge in [0.1, 0.15) is 0 Å². The SMILES string of the molecule is CCc1ccc(-c2nc(CC)c3c(n2)CNCC3)cc1. The lowest BCUT2D eigenvalue weighted by molar-refractivity contribution is 0.617. The Morgan fingerprint density at radius 1 is 1.05 bits per heavy atom. The minimum Gasteiger partial charge on any atom is -0.311 e. The third-order valence-corrected chi connectivity index (χ3v) is 3.98. The van der Waals surface area contributed by atoms with Gasteiger partial charge in [-0.15, -0.1) is 0 Å². The largest absolute Gasteiger partial charge is 0.311 e. The summed E-state index contributed by atoms with van der Waals surface area (Å²) < 4.78 is 0. The van der Waals surface area contributed by atoms with E-state index < -0.39 is 0 Å². The number of hydrogen-bond donors (Lipinski definition) is 1. The molecule has 0 saturated carbocycles. The van der Waals surface area contributed by atoms with Crippen molar-refractivity contribution in [3.05, 3.63) is 46.8 Å². The van der Waals surface area contributed by atoms with Crippen molar-refractivity contribution < 1.29 is 0 Å². The zero-order valence-corrected chi connectivity index (χ0v) is 12.2. The Kier molecular flexibility index (Phi) is 3.79. The van der Waals surface area contributed by atoms with Crippen LogP contribution in [0.5, 0.6) is 0 Å². The lowest BCUT2D eigenvalue weighted by Crippen LogP contribution is -2.26. The quantitative estimate of drug-likeness (QED) is 0.929. The van der Waals surface area contributed by atoms with Crippen LogP contribution in [0.3, 0.4) is 0 Å². The summed E-state index contributed by atoms with van der Waals surface area (Å²) in [6.07, 6.45) is 3.09. The summed E-state index contributed by atoms with van der Waals surface area (Å²) in [5, 5.41) is 3.40. The first kappa shape index (κ1) is 13.3. The highest BCUT2D eigenvalue weighted by molar-refractivity contribution is 5.56. The molecule has 1 aliphatic heterocycles. The molecular formula is C17H21N3. The minimum atomic E-state index is 0.866. The molecule has 1 N–H and O–H groups in total. The molecule has 0 aliphatic carbocycles. The second-order valence-electron chi connectivity index (χ2n) is 5.25. The number of aryl methyl sites for hydroxylation is 2. The summed E-state index contributed by atoms with van der Waals surface area (Å²) in [6.45, 7) is 6.25. The maximum atomic E-state index is 4.79. The van der Waals surface area contributed by atoms with E-state index in [1.54, 1.807) is 0 Å². The standard InChI is InChI=1S/C17H21N3/c1-3-12-5-7-13(8-6-12)17-19-15(4-2)14-9-10-18-11-16(14)20-17/h5-8,18H,3-4,9-11H2,1-2H3. The van der Waals surface area contributed by atoms with Gasteiger partial charge in [0.2, 0.25) is 0 Å². The molecule has 0 unspecified atom stereocenters. The molecule has 2 heterocycles. The van der Waals surface area contributed by atoms with Gasteiger partial charge >= 0.3 is 0 Å². The van der Waals surface area contributed by atoms with Gasteiger partial charge in [0.15, 0.2) is 5.82 Å². The molecule has 0 spiro atoms. The van der Waals surface area contributed by atoms with Crippen molar-refractivity contribution in [2.75, 3.05) is 6.54 Å². The van der Waals surface area contributed by atoms with Gasteiger partial charge in [0.05, 0.1) is 5.69 Å². The Hall–Kier alpha value is -1.74. The molecule has 1 aromatic carbocycles. The normalized spacial score (nSPS) is 14.1. The smallest absolute Gasteiger partial charge is 0.159 e. The maximum Gasteiger partial charge on any atom is 0.159 e. The van der Waals surface area contributed by atoms with Gasteiger partial charge in [0.25, 0.3) is 0 Å². The number of rotatable bonds is 3. The lowest BCUT2D eigenvalue weighted by Gasteiger charge is -2.19. The van der Waals surface area contributed by atoms with E-state index in [9.17, 15) is 0 Å². The van der Waals surface area contributed by atoms with Crippen LogP contribution in [0.1, 0.15) is 36.4 Å². The second kappa shape index (κ2) is 5.71. The Bertz CT molecular complexity index is 585. The molecule has 0 fully saturated rings. The van der Waals surface area contributed by atoms with E-state index in [1.807, 2.05) is 0 Å². The summed E-state index contributed by atoms with van der Waals surface area (Å²) in [7, 11) is 0. The van der Waals surface area contributed by atoms with Crippen molar-refractivity contribution >= 4 is 0 Å². The lowest BCUT2D eigenvalue weighted by atomic mass is 10.0. The Labute approximate surface area is 120 Å². The Morgan fingerprint density at radius 3 is 2.55 bits per heavy atom. The number of fused-ring (bicyclic) bond motifs is 1. The first-order valence-electron chi connectivity index (χ1n) is 7.50. The highest BCUT2D eigenvalue weighted by Crippen LogP contribution is 2.22. The molecule has 1 aromatic heterocycles. The van der Waals surface area contributed by atoms with Crippen LogP contribution < -0.4 is 5.32 Å². The van der Waals surface area contributed by atoms with E-state index in [1.165, 1.54) is 22.5 Å². The fraction of sp³-hybridized carbons (Fsp3) is 0.412. The fourth-order valence-corrected chi connectivity index (χ4v) is 2.75. The van der Waals surface area contributed by atoms with Crippen LogP contribution in [-0.4, -0.2) is 16.5 Å². The topological polar surface area (TPSA) is 37.8 Å². The third kappa shape index (κ3) is 2.46. The van der Waals surface area contributed by atoms with Crippen LogP contribution in [-0.2, 0) is 25.8 Å². The highest BCUT2D eigenvalue weighted by atomic mass is 15.0. The van der Waals surface area contributed by atoms with Gasteiger partial charge in [-0.3, -0.25) is 0 Å². The summed E-state index contributed by atoms with van der Waals surface area (Å²) in [6, 6.07) is 8.61. The van der Waals surface area contributed by atoms with Gasteiger partial charge in [-0.1, -0.05) is 38.1 Å². The van der Waals surface area contributed by atoms with Crippen molar-refractivity contribution in [1.29, 1.82) is 0 Å². The summed E-state index contributed by atoms with van der Waals surface area (Å²) >= 11 is 0. The molecule has 3 nitrogen and oxygen atoms in total. The van der Waals surface area contributed by atoms with Crippen molar-refractivity contribution in [1.82, 2.24) is 15.3 Å². The van der Waals surface area contributed by atoms with E-state index in [-0.39, 0.29) is 0 Å². The monoisotopic (exact) mass is 267 g/mol. The van der Waals surface area contributed by atoms with Gasteiger partial charge in [0, 0.05) is 17.8 Å².